The van der Waals surface area contributed by atoms with Gasteiger partial charge in [0.25, 0.3) is 0 Å². The van der Waals surface area contributed by atoms with Crippen molar-refractivity contribution in [2.45, 2.75) is 16.6 Å². The predicted octanol–water partition coefficient (Wildman–Crippen LogP) is 4.76. The summed E-state index contributed by atoms with van der Waals surface area (Å²) in [7, 11) is 0. The zero-order valence-corrected chi connectivity index (χ0v) is 11.2. The van der Waals surface area contributed by atoms with Gasteiger partial charge in [-0.1, -0.05) is 41.9 Å². The standard InChI is InChI=1S/C15H11ClOS/c16-11-7-5-10(6-8-11)15-9-13(17)12-3-1-2-4-14(12)18-15/h1-8,15H,9H2/t15-/m1/s1. The van der Waals surface area contributed by atoms with Gasteiger partial charge in [-0.15, -0.1) is 11.8 Å². The highest BCUT2D eigenvalue weighted by atomic mass is 35.5. The molecule has 0 fully saturated rings. The molecule has 0 unspecified atom stereocenters. The number of rotatable bonds is 1. The summed E-state index contributed by atoms with van der Waals surface area (Å²) >= 11 is 7.64. The zero-order chi connectivity index (χ0) is 12.5. The van der Waals surface area contributed by atoms with Crippen molar-refractivity contribution in [2.75, 3.05) is 0 Å². The van der Waals surface area contributed by atoms with Gasteiger partial charge in [0, 0.05) is 27.2 Å². The van der Waals surface area contributed by atoms with Crippen LogP contribution in [-0.4, -0.2) is 5.78 Å². The molecule has 1 heterocycles. The van der Waals surface area contributed by atoms with Crippen molar-refractivity contribution in [3.8, 4) is 0 Å². The van der Waals surface area contributed by atoms with Gasteiger partial charge in [-0.2, -0.15) is 0 Å². The van der Waals surface area contributed by atoms with Crippen LogP contribution in [0, 0.1) is 0 Å². The average Bonchev–Trinajstić information content (AvgIpc) is 2.39. The minimum atomic E-state index is 0.199. The van der Waals surface area contributed by atoms with E-state index in [0.29, 0.717) is 6.42 Å². The first-order valence-electron chi connectivity index (χ1n) is 5.78. The highest BCUT2D eigenvalue weighted by Crippen LogP contribution is 2.44. The van der Waals surface area contributed by atoms with Crippen LogP contribution in [-0.2, 0) is 0 Å². The molecule has 1 aliphatic heterocycles. The van der Waals surface area contributed by atoms with Crippen molar-refractivity contribution in [3.05, 3.63) is 64.7 Å². The number of ketones is 1. The quantitative estimate of drug-likeness (QED) is 0.746. The van der Waals surface area contributed by atoms with E-state index in [-0.39, 0.29) is 11.0 Å². The van der Waals surface area contributed by atoms with Gasteiger partial charge in [-0.25, -0.2) is 0 Å². The monoisotopic (exact) mass is 274 g/mol. The number of hydrogen-bond donors (Lipinski definition) is 0. The lowest BCUT2D eigenvalue weighted by atomic mass is 10.0. The number of carbonyl (C=O) groups excluding carboxylic acids is 1. The first kappa shape index (κ1) is 11.8. The van der Waals surface area contributed by atoms with Gasteiger partial charge in [0.2, 0.25) is 0 Å². The topological polar surface area (TPSA) is 17.1 Å². The first-order valence-corrected chi connectivity index (χ1v) is 7.04. The summed E-state index contributed by atoms with van der Waals surface area (Å²) in [4.78, 5) is 13.2. The second-order valence-corrected chi connectivity index (χ2v) is 5.96. The molecule has 0 bridgehead atoms. The molecule has 1 nitrogen and oxygen atoms in total. The minimum absolute atomic E-state index is 0.199. The molecule has 0 aliphatic carbocycles. The smallest absolute Gasteiger partial charge is 0.165 e. The molecule has 0 saturated heterocycles. The maximum Gasteiger partial charge on any atom is 0.165 e. The molecule has 18 heavy (non-hydrogen) atoms. The number of hydrogen-bond acceptors (Lipinski definition) is 2. The van der Waals surface area contributed by atoms with E-state index in [4.69, 9.17) is 11.6 Å². The Hall–Kier alpha value is -1.25. The van der Waals surface area contributed by atoms with E-state index in [9.17, 15) is 4.79 Å². The summed E-state index contributed by atoms with van der Waals surface area (Å²) in [5.41, 5.74) is 2.01. The first-order chi connectivity index (χ1) is 8.74. The molecule has 0 amide bonds. The molecule has 2 aromatic rings. The van der Waals surface area contributed by atoms with Crippen molar-refractivity contribution >= 4 is 29.1 Å². The molecule has 1 aliphatic rings. The van der Waals surface area contributed by atoms with E-state index >= 15 is 0 Å². The van der Waals surface area contributed by atoms with E-state index in [0.717, 1.165) is 21.0 Å². The van der Waals surface area contributed by atoms with Crippen LogP contribution in [0.4, 0.5) is 0 Å². The van der Waals surface area contributed by atoms with Crippen molar-refractivity contribution in [3.63, 3.8) is 0 Å². The molecule has 0 aromatic heterocycles. The van der Waals surface area contributed by atoms with Crippen LogP contribution in [0.3, 0.4) is 0 Å². The van der Waals surface area contributed by atoms with Crippen molar-refractivity contribution in [1.82, 2.24) is 0 Å². The van der Waals surface area contributed by atoms with Gasteiger partial charge in [0.15, 0.2) is 5.78 Å². The summed E-state index contributed by atoms with van der Waals surface area (Å²) in [6.07, 6.45) is 0.559. The third-order valence-corrected chi connectivity index (χ3v) is 4.65. The fourth-order valence-electron chi connectivity index (χ4n) is 2.14. The Balaban J connectivity index is 1.94. The summed E-state index contributed by atoms with van der Waals surface area (Å²) < 4.78 is 0. The maximum absolute atomic E-state index is 12.1. The number of Topliss-reactive ketones (excluding diaryl/α,β-unsaturated/α-hetero) is 1. The van der Waals surface area contributed by atoms with Gasteiger partial charge >= 0.3 is 0 Å². The molecule has 3 rings (SSSR count). The Morgan fingerprint density at radius 1 is 1.06 bits per heavy atom. The van der Waals surface area contributed by atoms with Crippen molar-refractivity contribution in [1.29, 1.82) is 0 Å². The van der Waals surface area contributed by atoms with E-state index in [1.54, 1.807) is 11.8 Å². The molecular weight excluding hydrogens is 264 g/mol. The summed E-state index contributed by atoms with van der Waals surface area (Å²) in [6, 6.07) is 15.6. The van der Waals surface area contributed by atoms with Gasteiger partial charge < -0.3 is 0 Å². The Labute approximate surface area is 115 Å². The fraction of sp³-hybridized carbons (Fsp3) is 0.133. The van der Waals surface area contributed by atoms with Crippen LogP contribution in [0.25, 0.3) is 0 Å². The van der Waals surface area contributed by atoms with Gasteiger partial charge in [-0.3, -0.25) is 4.79 Å². The lowest BCUT2D eigenvalue weighted by molar-refractivity contribution is 0.0976. The van der Waals surface area contributed by atoms with Crippen molar-refractivity contribution in [2.24, 2.45) is 0 Å². The van der Waals surface area contributed by atoms with E-state index in [1.165, 1.54) is 0 Å². The van der Waals surface area contributed by atoms with E-state index < -0.39 is 0 Å². The van der Waals surface area contributed by atoms with Gasteiger partial charge in [-0.05, 0) is 23.8 Å². The van der Waals surface area contributed by atoms with Crippen LogP contribution in [0.2, 0.25) is 5.02 Å². The number of fused-ring (bicyclic) bond motifs is 1. The minimum Gasteiger partial charge on any atom is -0.294 e. The Morgan fingerprint density at radius 2 is 1.78 bits per heavy atom. The largest absolute Gasteiger partial charge is 0.294 e. The lowest BCUT2D eigenvalue weighted by Crippen LogP contribution is -2.11. The van der Waals surface area contributed by atoms with E-state index in [1.807, 2.05) is 48.5 Å². The molecule has 90 valence electrons. The summed E-state index contributed by atoms with van der Waals surface area (Å²) in [5.74, 6) is 0.226. The average molecular weight is 275 g/mol. The molecule has 1 atom stereocenters. The molecular formula is C15H11ClOS. The number of carbonyl (C=O) groups is 1. The van der Waals surface area contributed by atoms with Crippen LogP contribution < -0.4 is 0 Å². The predicted molar refractivity (Wildman–Crippen MR) is 75.4 cm³/mol. The van der Waals surface area contributed by atoms with Crippen LogP contribution in [0.1, 0.15) is 27.6 Å². The Morgan fingerprint density at radius 3 is 2.56 bits per heavy atom. The zero-order valence-electron chi connectivity index (χ0n) is 9.60. The van der Waals surface area contributed by atoms with Crippen LogP contribution in [0.15, 0.2) is 53.4 Å². The lowest BCUT2D eigenvalue weighted by Gasteiger charge is -2.23. The molecule has 3 heteroatoms. The second-order valence-electron chi connectivity index (χ2n) is 4.28. The van der Waals surface area contributed by atoms with Gasteiger partial charge in [0.05, 0.1) is 0 Å². The summed E-state index contributed by atoms with van der Waals surface area (Å²) in [5, 5.41) is 0.927. The third kappa shape index (κ3) is 2.18. The van der Waals surface area contributed by atoms with Crippen molar-refractivity contribution < 1.29 is 4.79 Å². The normalized spacial score (nSPS) is 18.5. The van der Waals surface area contributed by atoms with Gasteiger partial charge in [0.1, 0.15) is 0 Å². The van der Waals surface area contributed by atoms with Crippen LogP contribution >= 0.6 is 23.4 Å². The Kier molecular flexibility index (Phi) is 3.14. The molecule has 0 saturated carbocycles. The fourth-order valence-corrected chi connectivity index (χ4v) is 3.56. The number of thioether (sulfide) groups is 1. The highest BCUT2D eigenvalue weighted by Gasteiger charge is 2.26. The molecule has 2 aromatic carbocycles. The molecule has 0 radical (unpaired) electrons. The second kappa shape index (κ2) is 4.79. The third-order valence-electron chi connectivity index (χ3n) is 3.07. The molecule has 0 spiro atoms. The maximum atomic E-state index is 12.1. The SMILES string of the molecule is O=C1C[C@H](c2ccc(Cl)cc2)Sc2ccccc21. The number of halogens is 1. The highest BCUT2D eigenvalue weighted by molar-refractivity contribution is 7.99. The van der Waals surface area contributed by atoms with E-state index in [2.05, 4.69) is 0 Å². The van der Waals surface area contributed by atoms with Crippen LogP contribution in [0.5, 0.6) is 0 Å². The Bertz CT molecular complexity index is 592. The number of benzene rings is 2. The molecule has 0 N–H and O–H groups in total. The summed E-state index contributed by atoms with van der Waals surface area (Å²) in [6.45, 7) is 0.